The number of fused-ring (bicyclic) bond motifs is 1. The third-order valence-electron chi connectivity index (χ3n) is 3.23. The molecule has 0 aliphatic rings. The number of para-hydroxylation sites is 1. The first-order valence-corrected chi connectivity index (χ1v) is 6.39. The lowest BCUT2D eigenvalue weighted by molar-refractivity contribution is 0.0913. The van der Waals surface area contributed by atoms with E-state index < -0.39 is 0 Å². The summed E-state index contributed by atoms with van der Waals surface area (Å²) >= 11 is 0. The average Bonchev–Trinajstić information content (AvgIpc) is 3.08. The second kappa shape index (κ2) is 5.17. The Morgan fingerprint density at radius 2 is 2.14 bits per heavy atom. The molecule has 0 aliphatic heterocycles. The van der Waals surface area contributed by atoms with Gasteiger partial charge in [-0.2, -0.15) is 5.26 Å². The van der Waals surface area contributed by atoms with Gasteiger partial charge in [0.2, 0.25) is 11.5 Å². The van der Waals surface area contributed by atoms with Gasteiger partial charge in [-0.1, -0.05) is 12.1 Å². The second-order valence-electron chi connectivity index (χ2n) is 4.58. The Kier molecular flexibility index (Phi) is 3.20. The summed E-state index contributed by atoms with van der Waals surface area (Å²) in [6, 6.07) is 12.6. The molecule has 0 saturated carbocycles. The summed E-state index contributed by atoms with van der Waals surface area (Å²) in [5.74, 6) is 0.239. The van der Waals surface area contributed by atoms with Crippen molar-refractivity contribution in [2.24, 2.45) is 7.05 Å². The van der Waals surface area contributed by atoms with Gasteiger partial charge in [-0.05, 0) is 24.3 Å². The molecule has 3 aromatic rings. The van der Waals surface area contributed by atoms with Crippen molar-refractivity contribution in [2.75, 3.05) is 6.61 Å². The number of benzene rings is 1. The van der Waals surface area contributed by atoms with Crippen LogP contribution in [0.3, 0.4) is 0 Å². The summed E-state index contributed by atoms with van der Waals surface area (Å²) in [4.78, 5) is 12.1. The largest absolute Gasteiger partial charge is 0.480 e. The van der Waals surface area contributed by atoms with E-state index in [1.807, 2.05) is 18.2 Å². The molecule has 0 radical (unpaired) electrons. The number of aromatic nitrogens is 1. The van der Waals surface area contributed by atoms with E-state index in [9.17, 15) is 4.79 Å². The standard InChI is InChI=1S/C16H12N2O3/c1-18-8-4-6-12(18)13(19)10-20-16-11-5-2-3-7-14(11)21-15(16)9-17/h2-8H,10H2,1H3. The molecule has 0 N–H and O–H groups in total. The van der Waals surface area contributed by atoms with E-state index >= 15 is 0 Å². The lowest BCUT2D eigenvalue weighted by Gasteiger charge is -2.05. The average molecular weight is 280 g/mol. The van der Waals surface area contributed by atoms with Crippen molar-refractivity contribution in [2.45, 2.75) is 0 Å². The Hall–Kier alpha value is -3.00. The predicted molar refractivity (Wildman–Crippen MR) is 76.2 cm³/mol. The van der Waals surface area contributed by atoms with Crippen molar-refractivity contribution in [3.63, 3.8) is 0 Å². The van der Waals surface area contributed by atoms with Crippen LogP contribution in [0.2, 0.25) is 0 Å². The highest BCUT2D eigenvalue weighted by atomic mass is 16.5. The summed E-state index contributed by atoms with van der Waals surface area (Å²) in [5.41, 5.74) is 1.12. The van der Waals surface area contributed by atoms with Crippen LogP contribution in [0.4, 0.5) is 0 Å². The number of carbonyl (C=O) groups is 1. The number of Topliss-reactive ketones (excluding diaryl/α,β-unsaturated/α-hetero) is 1. The SMILES string of the molecule is Cn1cccc1C(=O)COc1c(C#N)oc2ccccc12. The van der Waals surface area contributed by atoms with E-state index in [0.717, 1.165) is 0 Å². The molecular formula is C16H12N2O3. The smallest absolute Gasteiger partial charge is 0.246 e. The number of ketones is 1. The molecule has 21 heavy (non-hydrogen) atoms. The zero-order chi connectivity index (χ0) is 14.8. The molecule has 0 spiro atoms. The summed E-state index contributed by atoms with van der Waals surface area (Å²) in [6.07, 6.45) is 1.79. The van der Waals surface area contributed by atoms with Gasteiger partial charge >= 0.3 is 0 Å². The van der Waals surface area contributed by atoms with Crippen LogP contribution in [0.5, 0.6) is 5.75 Å². The zero-order valence-corrected chi connectivity index (χ0v) is 11.4. The number of aryl methyl sites for hydroxylation is 1. The van der Waals surface area contributed by atoms with Crippen LogP contribution in [0.15, 0.2) is 47.0 Å². The second-order valence-corrected chi connectivity index (χ2v) is 4.58. The topological polar surface area (TPSA) is 68.2 Å². The van der Waals surface area contributed by atoms with E-state index in [-0.39, 0.29) is 18.2 Å². The molecule has 0 saturated heterocycles. The highest BCUT2D eigenvalue weighted by Gasteiger charge is 2.17. The first-order valence-electron chi connectivity index (χ1n) is 6.39. The van der Waals surface area contributed by atoms with Gasteiger partial charge in [-0.3, -0.25) is 4.79 Å². The van der Waals surface area contributed by atoms with Gasteiger partial charge in [0, 0.05) is 13.2 Å². The molecule has 0 aliphatic carbocycles. The Bertz CT molecular complexity index is 852. The normalized spacial score (nSPS) is 10.5. The van der Waals surface area contributed by atoms with E-state index in [1.54, 1.807) is 42.1 Å². The van der Waals surface area contributed by atoms with Gasteiger partial charge in [-0.15, -0.1) is 0 Å². The maximum absolute atomic E-state index is 12.1. The number of hydrogen-bond donors (Lipinski definition) is 0. The molecular weight excluding hydrogens is 268 g/mol. The minimum Gasteiger partial charge on any atom is -0.480 e. The van der Waals surface area contributed by atoms with Crippen LogP contribution in [-0.2, 0) is 7.05 Å². The van der Waals surface area contributed by atoms with Gasteiger partial charge in [0.1, 0.15) is 11.7 Å². The molecule has 0 unspecified atom stereocenters. The van der Waals surface area contributed by atoms with Crippen LogP contribution in [0.25, 0.3) is 11.0 Å². The van der Waals surface area contributed by atoms with Gasteiger partial charge in [-0.25, -0.2) is 0 Å². The fraction of sp³-hybridized carbons (Fsp3) is 0.125. The van der Waals surface area contributed by atoms with Crippen molar-refractivity contribution in [3.05, 3.63) is 54.0 Å². The molecule has 0 atom stereocenters. The van der Waals surface area contributed by atoms with Crippen LogP contribution in [0, 0.1) is 11.3 Å². The molecule has 5 heteroatoms. The number of ether oxygens (including phenoxy) is 1. The Balaban J connectivity index is 1.87. The molecule has 3 rings (SSSR count). The molecule has 0 amide bonds. The van der Waals surface area contributed by atoms with E-state index in [1.165, 1.54) is 0 Å². The first-order chi connectivity index (χ1) is 10.2. The molecule has 2 aromatic heterocycles. The highest BCUT2D eigenvalue weighted by Crippen LogP contribution is 2.32. The van der Waals surface area contributed by atoms with Crippen LogP contribution in [-0.4, -0.2) is 17.0 Å². The third-order valence-corrected chi connectivity index (χ3v) is 3.23. The van der Waals surface area contributed by atoms with E-state index in [0.29, 0.717) is 22.4 Å². The van der Waals surface area contributed by atoms with Crippen molar-refractivity contribution in [1.82, 2.24) is 4.57 Å². The first kappa shape index (κ1) is 13.0. The van der Waals surface area contributed by atoms with Crippen molar-refractivity contribution in [3.8, 4) is 11.8 Å². The van der Waals surface area contributed by atoms with Crippen LogP contribution in [0.1, 0.15) is 16.2 Å². The van der Waals surface area contributed by atoms with Crippen LogP contribution < -0.4 is 4.74 Å². The maximum atomic E-state index is 12.1. The zero-order valence-electron chi connectivity index (χ0n) is 11.4. The summed E-state index contributed by atoms with van der Waals surface area (Å²) in [7, 11) is 1.79. The molecule has 104 valence electrons. The van der Waals surface area contributed by atoms with Crippen molar-refractivity contribution >= 4 is 16.8 Å². The minimum atomic E-state index is -0.156. The van der Waals surface area contributed by atoms with Crippen molar-refractivity contribution < 1.29 is 13.9 Å². The number of carbonyl (C=O) groups excluding carboxylic acids is 1. The number of rotatable bonds is 4. The molecule has 2 heterocycles. The monoisotopic (exact) mass is 280 g/mol. The third kappa shape index (κ3) is 2.28. The summed E-state index contributed by atoms with van der Waals surface area (Å²) in [5, 5.41) is 9.79. The predicted octanol–water partition coefficient (Wildman–Crippen LogP) is 2.90. The van der Waals surface area contributed by atoms with Crippen LogP contribution >= 0.6 is 0 Å². The number of nitriles is 1. The number of hydrogen-bond acceptors (Lipinski definition) is 4. The number of nitrogens with zero attached hydrogens (tertiary/aromatic N) is 2. The van der Waals surface area contributed by atoms with E-state index in [4.69, 9.17) is 14.4 Å². The molecule has 5 nitrogen and oxygen atoms in total. The Morgan fingerprint density at radius 1 is 1.33 bits per heavy atom. The number of furan rings is 1. The van der Waals surface area contributed by atoms with Gasteiger partial charge in [0.25, 0.3) is 0 Å². The molecule has 0 fully saturated rings. The summed E-state index contributed by atoms with van der Waals surface area (Å²) < 4.78 is 12.7. The molecule has 0 bridgehead atoms. The Morgan fingerprint density at radius 3 is 2.86 bits per heavy atom. The quantitative estimate of drug-likeness (QED) is 0.689. The van der Waals surface area contributed by atoms with Gasteiger partial charge in [0.15, 0.2) is 12.4 Å². The lowest BCUT2D eigenvalue weighted by atomic mass is 10.2. The lowest BCUT2D eigenvalue weighted by Crippen LogP contribution is -2.14. The minimum absolute atomic E-state index is 0.0795. The maximum Gasteiger partial charge on any atom is 0.246 e. The van der Waals surface area contributed by atoms with Crippen molar-refractivity contribution in [1.29, 1.82) is 5.26 Å². The van der Waals surface area contributed by atoms with Gasteiger partial charge in [0.05, 0.1) is 11.1 Å². The fourth-order valence-electron chi connectivity index (χ4n) is 2.20. The van der Waals surface area contributed by atoms with E-state index in [2.05, 4.69) is 0 Å². The summed E-state index contributed by atoms with van der Waals surface area (Å²) in [6.45, 7) is -0.143. The fourth-order valence-corrected chi connectivity index (χ4v) is 2.20. The Labute approximate surface area is 121 Å². The highest BCUT2D eigenvalue weighted by molar-refractivity contribution is 5.96. The van der Waals surface area contributed by atoms with Gasteiger partial charge < -0.3 is 13.7 Å². The molecule has 1 aromatic carbocycles.